The smallest absolute Gasteiger partial charge is 0.233 e. The van der Waals surface area contributed by atoms with E-state index in [0.29, 0.717) is 35.7 Å². The summed E-state index contributed by atoms with van der Waals surface area (Å²) >= 11 is 1.37. The third kappa shape index (κ3) is 5.29. The van der Waals surface area contributed by atoms with Gasteiger partial charge in [-0.2, -0.15) is 0 Å². The lowest BCUT2D eigenvalue weighted by atomic mass is 9.93. The zero-order valence-corrected chi connectivity index (χ0v) is 20.8. The topological polar surface area (TPSA) is 84.5 Å². The molecule has 2 aromatic heterocycles. The lowest BCUT2D eigenvalue weighted by Crippen LogP contribution is -2.47. The highest BCUT2D eigenvalue weighted by Gasteiger charge is 2.32. The molecule has 0 radical (unpaired) electrons. The van der Waals surface area contributed by atoms with Crippen LogP contribution in [0.1, 0.15) is 32.6 Å². The zero-order valence-electron chi connectivity index (χ0n) is 20.0. The largest absolute Gasteiger partial charge is 0.461 e. The summed E-state index contributed by atoms with van der Waals surface area (Å²) in [4.78, 5) is 29.9. The Morgan fingerprint density at radius 2 is 1.80 bits per heavy atom. The van der Waals surface area contributed by atoms with Crippen molar-refractivity contribution in [1.82, 2.24) is 24.6 Å². The van der Waals surface area contributed by atoms with Crippen molar-refractivity contribution < 1.29 is 14.0 Å². The Kier molecular flexibility index (Phi) is 7.22. The molecule has 0 N–H and O–H groups in total. The maximum absolute atomic E-state index is 13.0. The molecule has 8 nitrogen and oxygen atoms in total. The predicted octanol–water partition coefficient (Wildman–Crippen LogP) is 4.12. The number of carbonyl (C=O) groups excluding carboxylic acids is 2. The highest BCUT2D eigenvalue weighted by atomic mass is 32.2. The van der Waals surface area contributed by atoms with E-state index in [-0.39, 0.29) is 23.5 Å². The number of furan rings is 1. The van der Waals surface area contributed by atoms with Crippen molar-refractivity contribution >= 4 is 23.6 Å². The number of likely N-dealkylation sites (tertiary alicyclic amines) is 2. The fourth-order valence-electron chi connectivity index (χ4n) is 4.98. The van der Waals surface area contributed by atoms with Gasteiger partial charge in [0.2, 0.25) is 17.6 Å². The van der Waals surface area contributed by atoms with Gasteiger partial charge >= 0.3 is 0 Å². The summed E-state index contributed by atoms with van der Waals surface area (Å²) in [6, 6.07) is 13.5. The lowest BCUT2D eigenvalue weighted by molar-refractivity contribution is -0.141. The molecule has 1 unspecified atom stereocenters. The van der Waals surface area contributed by atoms with Crippen molar-refractivity contribution in [3.05, 3.63) is 48.7 Å². The Hall–Kier alpha value is -3.07. The lowest BCUT2D eigenvalue weighted by Gasteiger charge is -2.37. The number of amides is 2. The number of hydrogen-bond acceptors (Lipinski definition) is 6. The Balaban J connectivity index is 1.20. The first-order chi connectivity index (χ1) is 17.1. The SMILES string of the molecule is CC1CCCN(C(=O)C2CCN(C(=O)CSc3nnc(-c4ccco4)n3-c3ccccc3)CC2)C1. The first kappa shape index (κ1) is 23.7. The quantitative estimate of drug-likeness (QED) is 0.481. The van der Waals surface area contributed by atoms with Crippen LogP contribution in [0.5, 0.6) is 0 Å². The number of para-hydroxylation sites is 1. The fraction of sp³-hybridized carbons (Fsp3) is 0.462. The van der Waals surface area contributed by atoms with Gasteiger partial charge in [-0.15, -0.1) is 10.2 Å². The average molecular weight is 494 g/mol. The van der Waals surface area contributed by atoms with E-state index in [1.54, 1.807) is 6.26 Å². The van der Waals surface area contributed by atoms with E-state index < -0.39 is 0 Å². The minimum absolute atomic E-state index is 0.0361. The predicted molar refractivity (Wildman–Crippen MR) is 134 cm³/mol. The van der Waals surface area contributed by atoms with Gasteiger partial charge in [-0.25, -0.2) is 0 Å². The van der Waals surface area contributed by atoms with Crippen LogP contribution in [-0.2, 0) is 9.59 Å². The maximum atomic E-state index is 13.0. The molecule has 0 saturated carbocycles. The first-order valence-corrected chi connectivity index (χ1v) is 13.3. The molecular formula is C26H31N5O3S. The van der Waals surface area contributed by atoms with Gasteiger partial charge in [0.25, 0.3) is 0 Å². The molecule has 184 valence electrons. The van der Waals surface area contributed by atoms with Crippen LogP contribution in [0.15, 0.2) is 58.3 Å². The van der Waals surface area contributed by atoms with Crippen molar-refractivity contribution in [1.29, 1.82) is 0 Å². The molecule has 1 atom stereocenters. The van der Waals surface area contributed by atoms with Gasteiger partial charge in [0.1, 0.15) is 0 Å². The van der Waals surface area contributed by atoms with Crippen LogP contribution < -0.4 is 0 Å². The van der Waals surface area contributed by atoms with Gasteiger partial charge in [0.05, 0.1) is 12.0 Å². The Labute approximate surface area is 209 Å². The van der Waals surface area contributed by atoms with E-state index in [0.717, 1.165) is 38.0 Å². The van der Waals surface area contributed by atoms with Gasteiger partial charge < -0.3 is 14.2 Å². The van der Waals surface area contributed by atoms with E-state index in [1.807, 2.05) is 56.8 Å². The molecule has 2 amide bonds. The summed E-state index contributed by atoms with van der Waals surface area (Å²) in [5.41, 5.74) is 0.908. The summed E-state index contributed by atoms with van der Waals surface area (Å²) in [6.45, 7) is 5.22. The van der Waals surface area contributed by atoms with Crippen molar-refractivity contribution in [3.8, 4) is 17.3 Å². The summed E-state index contributed by atoms with van der Waals surface area (Å²) in [7, 11) is 0. The van der Waals surface area contributed by atoms with Crippen molar-refractivity contribution in [2.24, 2.45) is 11.8 Å². The van der Waals surface area contributed by atoms with E-state index in [2.05, 4.69) is 17.1 Å². The number of carbonyl (C=O) groups is 2. The average Bonchev–Trinajstić information content (AvgIpc) is 3.57. The van der Waals surface area contributed by atoms with Crippen molar-refractivity contribution in [2.45, 2.75) is 37.8 Å². The Morgan fingerprint density at radius 1 is 1.00 bits per heavy atom. The number of benzene rings is 1. The highest BCUT2D eigenvalue weighted by molar-refractivity contribution is 7.99. The molecular weight excluding hydrogens is 462 g/mol. The monoisotopic (exact) mass is 493 g/mol. The summed E-state index contributed by atoms with van der Waals surface area (Å²) in [5.74, 6) is 2.45. The number of thioether (sulfide) groups is 1. The molecule has 1 aromatic carbocycles. The Bertz CT molecular complexity index is 1140. The minimum Gasteiger partial charge on any atom is -0.461 e. The molecule has 9 heteroatoms. The van der Waals surface area contributed by atoms with E-state index in [4.69, 9.17) is 4.42 Å². The van der Waals surface area contributed by atoms with Crippen LogP contribution in [0.25, 0.3) is 17.3 Å². The standard InChI is InChI=1S/C26H31N5O3S/c1-19-7-5-13-30(17-19)25(33)20-11-14-29(15-12-20)23(32)18-35-26-28-27-24(22-10-6-16-34-22)31(26)21-8-3-2-4-9-21/h2-4,6,8-10,16,19-20H,5,7,11-15,17-18H2,1H3. The molecule has 0 bridgehead atoms. The molecule has 2 saturated heterocycles. The number of aromatic nitrogens is 3. The maximum Gasteiger partial charge on any atom is 0.233 e. The van der Waals surface area contributed by atoms with Crippen molar-refractivity contribution in [2.75, 3.05) is 31.9 Å². The molecule has 2 fully saturated rings. The molecule has 2 aliphatic heterocycles. The molecule has 2 aliphatic rings. The third-order valence-corrected chi connectivity index (χ3v) is 7.79. The van der Waals surface area contributed by atoms with Crippen LogP contribution in [0.3, 0.4) is 0 Å². The number of piperidine rings is 2. The normalized spacial score (nSPS) is 19.2. The third-order valence-electron chi connectivity index (χ3n) is 6.88. The second-order valence-electron chi connectivity index (χ2n) is 9.43. The molecule has 5 rings (SSSR count). The Morgan fingerprint density at radius 3 is 2.51 bits per heavy atom. The van der Waals surface area contributed by atoms with Crippen LogP contribution >= 0.6 is 11.8 Å². The number of hydrogen-bond donors (Lipinski definition) is 0. The van der Waals surface area contributed by atoms with E-state index >= 15 is 0 Å². The molecule has 4 heterocycles. The highest BCUT2D eigenvalue weighted by Crippen LogP contribution is 2.29. The molecule has 0 aliphatic carbocycles. The van der Waals surface area contributed by atoms with E-state index in [1.165, 1.54) is 18.2 Å². The van der Waals surface area contributed by atoms with Crippen LogP contribution in [0.2, 0.25) is 0 Å². The van der Waals surface area contributed by atoms with Gasteiger partial charge in [0, 0.05) is 37.8 Å². The number of nitrogens with zero attached hydrogens (tertiary/aromatic N) is 5. The first-order valence-electron chi connectivity index (χ1n) is 12.3. The van der Waals surface area contributed by atoms with Gasteiger partial charge in [0.15, 0.2) is 10.9 Å². The minimum atomic E-state index is 0.0361. The van der Waals surface area contributed by atoms with Crippen LogP contribution in [0, 0.1) is 11.8 Å². The summed E-state index contributed by atoms with van der Waals surface area (Å²) in [5, 5.41) is 9.33. The fourth-order valence-corrected chi connectivity index (χ4v) is 5.83. The second kappa shape index (κ2) is 10.7. The zero-order chi connectivity index (χ0) is 24.2. The van der Waals surface area contributed by atoms with Crippen molar-refractivity contribution in [3.63, 3.8) is 0 Å². The molecule has 35 heavy (non-hydrogen) atoms. The summed E-state index contributed by atoms with van der Waals surface area (Å²) in [6.07, 6.45) is 5.38. The van der Waals surface area contributed by atoms with Gasteiger partial charge in [-0.05, 0) is 55.9 Å². The van der Waals surface area contributed by atoms with Crippen LogP contribution in [-0.4, -0.2) is 68.3 Å². The number of rotatable bonds is 6. The summed E-state index contributed by atoms with van der Waals surface area (Å²) < 4.78 is 7.47. The van der Waals surface area contributed by atoms with Gasteiger partial charge in [-0.3, -0.25) is 14.2 Å². The van der Waals surface area contributed by atoms with Crippen LogP contribution in [0.4, 0.5) is 0 Å². The second-order valence-corrected chi connectivity index (χ2v) is 10.4. The van der Waals surface area contributed by atoms with E-state index in [9.17, 15) is 9.59 Å². The molecule has 0 spiro atoms. The molecule has 3 aromatic rings. The van der Waals surface area contributed by atoms with Gasteiger partial charge in [-0.1, -0.05) is 36.9 Å².